The van der Waals surface area contributed by atoms with Gasteiger partial charge in [-0.2, -0.15) is 8.78 Å². The van der Waals surface area contributed by atoms with E-state index in [-0.39, 0.29) is 36.3 Å². The molecule has 0 bridgehead atoms. The maximum atomic E-state index is 12.6. The Morgan fingerprint density at radius 1 is 1.58 bits per heavy atom. The maximum absolute atomic E-state index is 12.6. The van der Waals surface area contributed by atoms with Crippen molar-refractivity contribution in [2.75, 3.05) is 13.1 Å². The number of hydrogen-bond donors (Lipinski definition) is 2. The average molecular weight is 383 g/mol. The lowest BCUT2D eigenvalue weighted by Gasteiger charge is -2.09. The Labute approximate surface area is 127 Å². The van der Waals surface area contributed by atoms with E-state index >= 15 is 0 Å². The molecule has 1 aromatic rings. The fourth-order valence-electron chi connectivity index (χ4n) is 1.27. The van der Waals surface area contributed by atoms with Gasteiger partial charge < -0.3 is 10.6 Å². The Bertz CT molecular complexity index is 439. The zero-order valence-corrected chi connectivity index (χ0v) is 12.8. The number of halogens is 3. The first-order valence-electron chi connectivity index (χ1n) is 5.44. The van der Waals surface area contributed by atoms with Gasteiger partial charge in [0, 0.05) is 18.9 Å². The summed E-state index contributed by atoms with van der Waals surface area (Å²) < 4.78 is 25.9. The zero-order chi connectivity index (χ0) is 13.4. The van der Waals surface area contributed by atoms with Crippen molar-refractivity contribution in [1.29, 1.82) is 0 Å². The van der Waals surface area contributed by atoms with Crippen molar-refractivity contribution in [2.24, 2.45) is 4.99 Å². The van der Waals surface area contributed by atoms with E-state index in [9.17, 15) is 8.78 Å². The number of hydrogen-bond acceptors (Lipinski definition) is 2. The van der Waals surface area contributed by atoms with Gasteiger partial charge in [-0.15, -0.1) is 30.4 Å². The highest BCUT2D eigenvalue weighted by Gasteiger charge is 2.10. The molecule has 0 radical (unpaired) electrons. The van der Waals surface area contributed by atoms with Gasteiger partial charge in [0.2, 0.25) is 0 Å². The molecule has 0 aliphatic heterocycles. The van der Waals surface area contributed by atoms with E-state index in [4.69, 9.17) is 6.42 Å². The van der Waals surface area contributed by atoms with Crippen molar-refractivity contribution in [3.05, 3.63) is 18.2 Å². The molecule has 5 nitrogen and oxygen atoms in total. The van der Waals surface area contributed by atoms with E-state index in [2.05, 4.69) is 26.5 Å². The molecule has 2 N–H and O–H groups in total. The number of guanidine groups is 1. The van der Waals surface area contributed by atoms with Crippen LogP contribution < -0.4 is 10.6 Å². The van der Waals surface area contributed by atoms with Crippen molar-refractivity contribution in [3.63, 3.8) is 0 Å². The molecule has 0 amide bonds. The van der Waals surface area contributed by atoms with Crippen LogP contribution in [0.5, 0.6) is 0 Å². The highest BCUT2D eigenvalue weighted by molar-refractivity contribution is 14.0. The van der Waals surface area contributed by atoms with Crippen LogP contribution in [0.25, 0.3) is 0 Å². The lowest BCUT2D eigenvalue weighted by atomic mass is 10.6. The molecule has 0 unspecified atom stereocenters. The molecule has 0 spiro atoms. The Morgan fingerprint density at radius 3 is 2.89 bits per heavy atom. The van der Waals surface area contributed by atoms with E-state index in [0.717, 1.165) is 4.57 Å². The molecule has 0 fully saturated rings. The predicted molar refractivity (Wildman–Crippen MR) is 80.5 cm³/mol. The second-order valence-corrected chi connectivity index (χ2v) is 3.28. The second-order valence-electron chi connectivity index (χ2n) is 3.28. The largest absolute Gasteiger partial charge is 0.357 e. The minimum Gasteiger partial charge on any atom is -0.357 e. The van der Waals surface area contributed by atoms with Gasteiger partial charge in [-0.25, -0.2) is 9.98 Å². The summed E-state index contributed by atoms with van der Waals surface area (Å²) in [5.41, 5.74) is 0. The fraction of sp³-hybridized carbons (Fsp3) is 0.455. The molecule has 8 heteroatoms. The van der Waals surface area contributed by atoms with Crippen molar-refractivity contribution in [2.45, 2.75) is 20.0 Å². The summed E-state index contributed by atoms with van der Waals surface area (Å²) in [5.74, 6) is 3.08. The van der Waals surface area contributed by atoms with Crippen LogP contribution >= 0.6 is 24.0 Å². The van der Waals surface area contributed by atoms with E-state index in [1.54, 1.807) is 0 Å². The van der Waals surface area contributed by atoms with Gasteiger partial charge in [0.25, 0.3) is 0 Å². The zero-order valence-electron chi connectivity index (χ0n) is 10.4. The van der Waals surface area contributed by atoms with Gasteiger partial charge in [-0.05, 0) is 6.92 Å². The number of nitrogens with one attached hydrogen (secondary N) is 2. The van der Waals surface area contributed by atoms with Gasteiger partial charge in [-0.1, -0.05) is 5.92 Å². The molecule has 1 rings (SSSR count). The molecule has 1 aromatic heterocycles. The van der Waals surface area contributed by atoms with Gasteiger partial charge >= 0.3 is 6.55 Å². The summed E-state index contributed by atoms with van der Waals surface area (Å²) in [7, 11) is 0. The molecule has 0 aliphatic rings. The first kappa shape index (κ1) is 17.6. The summed E-state index contributed by atoms with van der Waals surface area (Å²) in [4.78, 5) is 7.95. The van der Waals surface area contributed by atoms with Crippen LogP contribution in [0.15, 0.2) is 17.4 Å². The molecule has 19 heavy (non-hydrogen) atoms. The lowest BCUT2D eigenvalue weighted by Crippen LogP contribution is -2.37. The van der Waals surface area contributed by atoms with Crippen molar-refractivity contribution in [3.8, 4) is 12.3 Å². The van der Waals surface area contributed by atoms with Crippen LogP contribution in [-0.2, 0) is 6.54 Å². The van der Waals surface area contributed by atoms with E-state index in [1.165, 1.54) is 12.4 Å². The van der Waals surface area contributed by atoms with Crippen LogP contribution in [0.4, 0.5) is 8.78 Å². The van der Waals surface area contributed by atoms with Gasteiger partial charge in [-0.3, -0.25) is 4.57 Å². The van der Waals surface area contributed by atoms with Gasteiger partial charge in [0.05, 0.1) is 6.54 Å². The van der Waals surface area contributed by atoms with Crippen molar-refractivity contribution in [1.82, 2.24) is 20.2 Å². The molecule has 0 aliphatic carbocycles. The van der Waals surface area contributed by atoms with Crippen LogP contribution in [0.2, 0.25) is 0 Å². The number of alkyl halides is 2. The Kier molecular flexibility index (Phi) is 8.86. The third-order valence-electron chi connectivity index (χ3n) is 2.04. The molecule has 0 saturated carbocycles. The third kappa shape index (κ3) is 5.87. The molecule has 0 atom stereocenters. The first-order valence-corrected chi connectivity index (χ1v) is 5.44. The highest BCUT2D eigenvalue weighted by Crippen LogP contribution is 2.12. The van der Waals surface area contributed by atoms with E-state index in [0.29, 0.717) is 19.0 Å². The first-order chi connectivity index (χ1) is 8.69. The summed E-state index contributed by atoms with van der Waals surface area (Å²) >= 11 is 0. The van der Waals surface area contributed by atoms with Crippen LogP contribution in [0, 0.1) is 12.3 Å². The fourth-order valence-corrected chi connectivity index (χ4v) is 1.27. The lowest BCUT2D eigenvalue weighted by molar-refractivity contribution is 0.0671. The Balaban J connectivity index is 0.00000324. The molecule has 0 saturated heterocycles. The maximum Gasteiger partial charge on any atom is 0.319 e. The standard InChI is InChI=1S/C11H15F2N5.HI/c1-3-5-16-11(14-4-2)17-8-9-15-6-7-18(9)10(12)13;/h1,6-7,10H,4-5,8H2,2H3,(H2,14,16,17);1H. The Hall–Kier alpha value is -1.37. The van der Waals surface area contributed by atoms with E-state index in [1.807, 2.05) is 6.92 Å². The van der Waals surface area contributed by atoms with Crippen molar-refractivity contribution >= 4 is 29.9 Å². The Morgan fingerprint density at radius 2 is 2.32 bits per heavy atom. The number of imidazole rings is 1. The highest BCUT2D eigenvalue weighted by atomic mass is 127. The summed E-state index contributed by atoms with van der Waals surface area (Å²) in [5, 5.41) is 5.81. The smallest absolute Gasteiger partial charge is 0.319 e. The van der Waals surface area contributed by atoms with Crippen LogP contribution in [0.3, 0.4) is 0 Å². The number of terminal acetylenes is 1. The molecule has 0 aromatic carbocycles. The number of rotatable bonds is 5. The second kappa shape index (κ2) is 9.55. The normalized spacial score (nSPS) is 10.8. The minimum atomic E-state index is -2.61. The average Bonchev–Trinajstić information content (AvgIpc) is 2.81. The number of aliphatic imine (C=N–C) groups is 1. The quantitative estimate of drug-likeness (QED) is 0.352. The third-order valence-corrected chi connectivity index (χ3v) is 2.04. The molecular formula is C11H16F2IN5. The van der Waals surface area contributed by atoms with Gasteiger partial charge in [0.15, 0.2) is 5.96 Å². The van der Waals surface area contributed by atoms with Gasteiger partial charge in [0.1, 0.15) is 12.4 Å². The van der Waals surface area contributed by atoms with Crippen LogP contribution in [0.1, 0.15) is 19.3 Å². The summed E-state index contributed by atoms with van der Waals surface area (Å²) in [6.07, 6.45) is 7.65. The van der Waals surface area contributed by atoms with Crippen LogP contribution in [-0.4, -0.2) is 28.6 Å². The van der Waals surface area contributed by atoms with E-state index < -0.39 is 6.55 Å². The summed E-state index contributed by atoms with van der Waals surface area (Å²) in [6, 6.07) is 0. The predicted octanol–water partition coefficient (Wildman–Crippen LogP) is 1.58. The summed E-state index contributed by atoms with van der Waals surface area (Å²) in [6.45, 7) is 0.304. The minimum absolute atomic E-state index is 0. The topological polar surface area (TPSA) is 54.2 Å². The monoisotopic (exact) mass is 383 g/mol. The number of aromatic nitrogens is 2. The molecular weight excluding hydrogens is 367 g/mol. The molecule has 1 heterocycles. The number of nitrogens with zero attached hydrogens (tertiary/aromatic N) is 3. The molecule has 106 valence electrons. The van der Waals surface area contributed by atoms with Crippen molar-refractivity contribution < 1.29 is 8.78 Å². The SMILES string of the molecule is C#CCNC(=NCc1nccn1C(F)F)NCC.I.